The normalized spacial score (nSPS) is 29.8. The predicted octanol–water partition coefficient (Wildman–Crippen LogP) is 4.10. The van der Waals surface area contributed by atoms with Crippen molar-refractivity contribution in [3.8, 4) is 0 Å². The maximum Gasteiger partial charge on any atom is -0.00172 e. The molecule has 0 atom stereocenters. The molecule has 0 saturated carbocycles. The van der Waals surface area contributed by atoms with Gasteiger partial charge in [-0.3, -0.25) is 0 Å². The lowest BCUT2D eigenvalue weighted by molar-refractivity contribution is 1.04. The molecule has 14 heavy (non-hydrogen) atoms. The minimum atomic E-state index is 1.06. The van der Waals surface area contributed by atoms with Gasteiger partial charge in [-0.2, -0.15) is 0 Å². The van der Waals surface area contributed by atoms with Crippen LogP contribution in [0.25, 0.3) is 0 Å². The average molecular weight is 184 g/mol. The summed E-state index contributed by atoms with van der Waals surface area (Å²) in [5.74, 6) is 0. The largest absolute Gasteiger partial charge is 0.0912 e. The fraction of sp³-hybridized carbons (Fsp3) is 0.286. The van der Waals surface area contributed by atoms with Gasteiger partial charge in [0.2, 0.25) is 0 Å². The van der Waals surface area contributed by atoms with Crippen molar-refractivity contribution in [2.24, 2.45) is 0 Å². The molecule has 0 fully saturated rings. The van der Waals surface area contributed by atoms with Crippen molar-refractivity contribution in [2.45, 2.75) is 26.2 Å². The highest BCUT2D eigenvalue weighted by molar-refractivity contribution is 5.58. The summed E-state index contributed by atoms with van der Waals surface area (Å²) in [4.78, 5) is 0. The Morgan fingerprint density at radius 3 is 2.86 bits per heavy atom. The van der Waals surface area contributed by atoms with Crippen molar-refractivity contribution < 1.29 is 0 Å². The van der Waals surface area contributed by atoms with Crippen molar-refractivity contribution in [3.05, 3.63) is 59.3 Å². The number of rotatable bonds is 0. The molecule has 2 aliphatic carbocycles. The van der Waals surface area contributed by atoms with Gasteiger partial charge in [0.1, 0.15) is 0 Å². The highest BCUT2D eigenvalue weighted by Gasteiger charge is 2.16. The number of hydrogen-bond donors (Lipinski definition) is 0. The smallest absolute Gasteiger partial charge is 0.00172 e. The number of hydrogen-bond acceptors (Lipinski definition) is 0. The molecule has 0 radical (unpaired) electrons. The van der Waals surface area contributed by atoms with Crippen LogP contribution in [-0.2, 0) is 0 Å². The monoisotopic (exact) mass is 184 g/mol. The molecule has 0 amide bonds. The Hall–Kier alpha value is -1.30. The molecular formula is C14H16. The van der Waals surface area contributed by atoms with Gasteiger partial charge in [-0.25, -0.2) is 0 Å². The van der Waals surface area contributed by atoms with E-state index in [2.05, 4.69) is 43.9 Å². The van der Waals surface area contributed by atoms with E-state index in [1.54, 1.807) is 0 Å². The fourth-order valence-corrected chi connectivity index (χ4v) is 1.92. The van der Waals surface area contributed by atoms with Crippen molar-refractivity contribution in [2.75, 3.05) is 0 Å². The second-order valence-electron chi connectivity index (χ2n) is 3.91. The van der Waals surface area contributed by atoms with Gasteiger partial charge in [0.05, 0.1) is 0 Å². The maximum atomic E-state index is 4.13. The molecule has 0 nitrogen and oxygen atoms in total. The molecule has 2 rings (SSSR count). The van der Waals surface area contributed by atoms with Crippen LogP contribution < -0.4 is 0 Å². The van der Waals surface area contributed by atoms with Crippen molar-refractivity contribution in [3.63, 3.8) is 0 Å². The summed E-state index contributed by atoms with van der Waals surface area (Å²) in [6.07, 6.45) is 14.5. The third kappa shape index (κ3) is 1.65. The minimum Gasteiger partial charge on any atom is -0.0912 e. The van der Waals surface area contributed by atoms with E-state index < -0.39 is 0 Å². The third-order valence-electron chi connectivity index (χ3n) is 2.96. The van der Waals surface area contributed by atoms with Crippen LogP contribution in [0.5, 0.6) is 0 Å². The molecule has 0 aromatic carbocycles. The standard InChI is InChI=1S/C14H16/c1-11-12(2)14-9-7-5-3-4-6-8-13(11)10-14/h4,6-9H,1,3,5,10H2,2H3/b6-4-,9-7-,13-8-. The summed E-state index contributed by atoms with van der Waals surface area (Å²) >= 11 is 0. The summed E-state index contributed by atoms with van der Waals surface area (Å²) in [6, 6.07) is 0. The van der Waals surface area contributed by atoms with Crippen molar-refractivity contribution in [1.82, 2.24) is 0 Å². The van der Waals surface area contributed by atoms with E-state index >= 15 is 0 Å². The average Bonchev–Trinajstić information content (AvgIpc) is 2.45. The number of fused-ring (bicyclic) bond motifs is 2. The molecule has 0 heteroatoms. The van der Waals surface area contributed by atoms with Crippen LogP contribution in [0.3, 0.4) is 0 Å². The Kier molecular flexibility index (Phi) is 2.53. The van der Waals surface area contributed by atoms with Crippen LogP contribution in [-0.4, -0.2) is 0 Å². The van der Waals surface area contributed by atoms with Gasteiger partial charge in [-0.1, -0.05) is 37.0 Å². The summed E-state index contributed by atoms with van der Waals surface area (Å²) in [7, 11) is 0. The lowest BCUT2D eigenvalue weighted by Gasteiger charge is -1.98. The first-order valence-electron chi connectivity index (χ1n) is 5.20. The summed E-state index contributed by atoms with van der Waals surface area (Å²) in [5, 5.41) is 0. The van der Waals surface area contributed by atoms with Crippen LogP contribution in [0.4, 0.5) is 0 Å². The summed E-state index contributed by atoms with van der Waals surface area (Å²) < 4.78 is 0. The molecule has 0 heterocycles. The van der Waals surface area contributed by atoms with Crippen LogP contribution in [0, 0.1) is 0 Å². The third-order valence-corrected chi connectivity index (χ3v) is 2.96. The van der Waals surface area contributed by atoms with E-state index in [1.165, 1.54) is 22.3 Å². The van der Waals surface area contributed by atoms with E-state index in [1.807, 2.05) is 0 Å². The molecular weight excluding hydrogens is 168 g/mol. The van der Waals surface area contributed by atoms with Gasteiger partial charge in [-0.15, -0.1) is 0 Å². The fourth-order valence-electron chi connectivity index (χ4n) is 1.92. The first kappa shape index (κ1) is 9.26. The topological polar surface area (TPSA) is 0 Å². The molecule has 2 bridgehead atoms. The Morgan fingerprint density at radius 2 is 2.00 bits per heavy atom. The van der Waals surface area contributed by atoms with Crippen molar-refractivity contribution >= 4 is 0 Å². The predicted molar refractivity (Wildman–Crippen MR) is 62.1 cm³/mol. The molecule has 0 aromatic rings. The van der Waals surface area contributed by atoms with Gasteiger partial charge in [0, 0.05) is 0 Å². The van der Waals surface area contributed by atoms with E-state index in [-0.39, 0.29) is 0 Å². The van der Waals surface area contributed by atoms with Gasteiger partial charge in [-0.05, 0) is 48.5 Å². The Balaban J connectivity index is 2.41. The van der Waals surface area contributed by atoms with Crippen LogP contribution >= 0.6 is 0 Å². The van der Waals surface area contributed by atoms with Crippen LogP contribution in [0.2, 0.25) is 0 Å². The molecule has 72 valence electrons. The molecule has 0 N–H and O–H groups in total. The van der Waals surface area contributed by atoms with E-state index in [0.29, 0.717) is 0 Å². The first-order valence-corrected chi connectivity index (χ1v) is 5.20. The zero-order chi connectivity index (χ0) is 9.97. The second-order valence-corrected chi connectivity index (χ2v) is 3.91. The Labute approximate surface area is 86.0 Å². The lowest BCUT2D eigenvalue weighted by atomic mass is 10.1. The number of allylic oxidation sites excluding steroid dienone is 9. The second kappa shape index (κ2) is 3.83. The quantitative estimate of drug-likeness (QED) is 0.532. The summed E-state index contributed by atoms with van der Waals surface area (Å²) in [6.45, 7) is 6.30. The SMILES string of the molecule is C=C1C(C)=C2/C=C\CC/C=C\C=C/1C2. The van der Waals surface area contributed by atoms with Crippen molar-refractivity contribution in [1.29, 1.82) is 0 Å². The zero-order valence-corrected chi connectivity index (χ0v) is 8.72. The minimum absolute atomic E-state index is 1.06. The molecule has 0 saturated heterocycles. The lowest BCUT2D eigenvalue weighted by Crippen LogP contribution is -1.79. The first-order chi connectivity index (χ1) is 6.79. The molecule has 0 spiro atoms. The Morgan fingerprint density at radius 1 is 1.21 bits per heavy atom. The summed E-state index contributed by atoms with van der Waals surface area (Å²) in [5.41, 5.74) is 5.40. The Bertz CT molecular complexity index is 373. The van der Waals surface area contributed by atoms with Crippen LogP contribution in [0.1, 0.15) is 26.2 Å². The molecule has 0 unspecified atom stereocenters. The maximum absolute atomic E-state index is 4.13. The van der Waals surface area contributed by atoms with E-state index in [0.717, 1.165) is 19.3 Å². The van der Waals surface area contributed by atoms with Gasteiger partial charge < -0.3 is 0 Å². The highest BCUT2D eigenvalue weighted by atomic mass is 14.2. The highest BCUT2D eigenvalue weighted by Crippen LogP contribution is 2.35. The van der Waals surface area contributed by atoms with Gasteiger partial charge >= 0.3 is 0 Å². The molecule has 0 aromatic heterocycles. The molecule has 2 aliphatic rings. The van der Waals surface area contributed by atoms with Gasteiger partial charge in [0.15, 0.2) is 0 Å². The molecule has 0 aliphatic heterocycles. The van der Waals surface area contributed by atoms with E-state index in [4.69, 9.17) is 0 Å². The van der Waals surface area contributed by atoms with E-state index in [9.17, 15) is 0 Å². The zero-order valence-electron chi connectivity index (χ0n) is 8.72. The van der Waals surface area contributed by atoms with Crippen LogP contribution in [0.15, 0.2) is 59.3 Å². The van der Waals surface area contributed by atoms with Gasteiger partial charge in [0.25, 0.3) is 0 Å².